The molecule has 38 heavy (non-hydrogen) atoms. The summed E-state index contributed by atoms with van der Waals surface area (Å²) >= 11 is 5.72. The van der Waals surface area contributed by atoms with Gasteiger partial charge in [-0.1, -0.05) is 48.3 Å². The molecule has 11 heteroatoms. The highest BCUT2D eigenvalue weighted by Gasteiger charge is 2.27. The average Bonchev–Trinajstić information content (AvgIpc) is 2.96. The van der Waals surface area contributed by atoms with Gasteiger partial charge in [0.2, 0.25) is 11.7 Å². The van der Waals surface area contributed by atoms with Crippen molar-refractivity contribution < 1.29 is 28.5 Å². The minimum atomic E-state index is -0.429. The Morgan fingerprint density at radius 1 is 0.974 bits per heavy atom. The van der Waals surface area contributed by atoms with Crippen molar-refractivity contribution in [2.75, 3.05) is 59.0 Å². The molecule has 2 aromatic carbocycles. The first-order valence-electron chi connectivity index (χ1n) is 12.5. The van der Waals surface area contributed by atoms with E-state index in [9.17, 15) is 9.59 Å². The van der Waals surface area contributed by atoms with E-state index in [0.717, 1.165) is 24.2 Å². The quantitative estimate of drug-likeness (QED) is 0.156. The number of nitrogens with zero attached hydrogens (tertiary/aromatic N) is 2. The van der Waals surface area contributed by atoms with Crippen LogP contribution in [0.3, 0.4) is 0 Å². The zero-order chi connectivity index (χ0) is 27.3. The van der Waals surface area contributed by atoms with Gasteiger partial charge in [0.1, 0.15) is 12.6 Å². The van der Waals surface area contributed by atoms with Crippen LogP contribution >= 0.6 is 24.6 Å². The number of esters is 1. The average molecular weight is 564 g/mol. The molecule has 208 valence electrons. The molecular weight excluding hydrogens is 526 g/mol. The number of amides is 1. The number of ether oxygens (including phenoxy) is 4. The molecule has 0 spiro atoms. The molecule has 1 amide bonds. The minimum Gasteiger partial charge on any atom is -0.493 e. The van der Waals surface area contributed by atoms with Gasteiger partial charge in [0.15, 0.2) is 11.5 Å². The van der Waals surface area contributed by atoms with Crippen molar-refractivity contribution >= 4 is 36.5 Å². The Morgan fingerprint density at radius 3 is 2.32 bits per heavy atom. The van der Waals surface area contributed by atoms with Crippen LogP contribution in [0, 0.1) is 0 Å². The van der Waals surface area contributed by atoms with Crippen LogP contribution in [0.15, 0.2) is 42.5 Å². The predicted molar refractivity (Wildman–Crippen MR) is 152 cm³/mol. The number of nitrogens with one attached hydrogen (secondary N) is 1. The van der Waals surface area contributed by atoms with Gasteiger partial charge in [0.25, 0.3) is 0 Å². The fourth-order valence-electron chi connectivity index (χ4n) is 4.15. The summed E-state index contributed by atoms with van der Waals surface area (Å²) in [4.78, 5) is 29.2. The summed E-state index contributed by atoms with van der Waals surface area (Å²) in [6.07, 6.45) is 0.260. The first kappa shape index (κ1) is 29.9. The molecule has 0 radical (unpaired) electrons. The number of carbonyl (C=O) groups is 2. The molecule has 1 atom stereocenters. The Morgan fingerprint density at radius 2 is 1.68 bits per heavy atom. The van der Waals surface area contributed by atoms with E-state index in [2.05, 4.69) is 22.3 Å². The maximum Gasteiger partial charge on any atom is 0.307 e. The Hall–Kier alpha value is -2.60. The van der Waals surface area contributed by atoms with E-state index in [4.69, 9.17) is 18.9 Å². The van der Waals surface area contributed by atoms with Gasteiger partial charge in [0.05, 0.1) is 27.8 Å². The maximum absolute atomic E-state index is 13.1. The van der Waals surface area contributed by atoms with Gasteiger partial charge in [-0.05, 0) is 11.6 Å². The molecule has 0 unspecified atom stereocenters. The molecular formula is C27H37N3O6S2. The van der Waals surface area contributed by atoms with E-state index >= 15 is 0 Å². The van der Waals surface area contributed by atoms with Crippen LogP contribution in [0.4, 0.5) is 0 Å². The van der Waals surface area contributed by atoms with Crippen LogP contribution < -0.4 is 18.9 Å². The van der Waals surface area contributed by atoms with Gasteiger partial charge in [-0.3, -0.25) is 19.2 Å². The van der Waals surface area contributed by atoms with Crippen molar-refractivity contribution in [2.45, 2.75) is 25.6 Å². The molecule has 1 aliphatic rings. The Labute approximate surface area is 234 Å². The largest absolute Gasteiger partial charge is 0.493 e. The Kier molecular flexibility index (Phi) is 12.4. The molecule has 0 aromatic heterocycles. The van der Waals surface area contributed by atoms with Crippen LogP contribution in [0.1, 0.15) is 17.5 Å². The molecule has 0 saturated carbocycles. The number of rotatable bonds is 14. The topological polar surface area (TPSA) is 89.6 Å². The molecule has 9 nitrogen and oxygen atoms in total. The number of thiol groups is 1. The van der Waals surface area contributed by atoms with Crippen molar-refractivity contribution in [3.05, 3.63) is 53.6 Å². The van der Waals surface area contributed by atoms with E-state index in [1.165, 1.54) is 11.9 Å². The summed E-state index contributed by atoms with van der Waals surface area (Å²) in [5.41, 5.74) is 1.95. The van der Waals surface area contributed by atoms with Crippen molar-refractivity contribution in [1.82, 2.24) is 14.5 Å². The summed E-state index contributed by atoms with van der Waals surface area (Å²) < 4.78 is 24.9. The zero-order valence-electron chi connectivity index (χ0n) is 22.2. The van der Waals surface area contributed by atoms with E-state index < -0.39 is 6.04 Å². The monoisotopic (exact) mass is 563 g/mol. The van der Waals surface area contributed by atoms with Crippen LogP contribution in [0.5, 0.6) is 17.2 Å². The highest BCUT2D eigenvalue weighted by molar-refractivity contribution is 7.97. The summed E-state index contributed by atoms with van der Waals surface area (Å²) in [5.74, 6) is 2.48. The Bertz CT molecular complexity index is 1030. The highest BCUT2D eigenvalue weighted by atomic mass is 32.2. The molecule has 2 aromatic rings. The molecule has 1 saturated heterocycles. The lowest BCUT2D eigenvalue weighted by Crippen LogP contribution is -2.53. The number of hydrogen-bond acceptors (Lipinski definition) is 10. The van der Waals surface area contributed by atoms with Gasteiger partial charge >= 0.3 is 5.97 Å². The summed E-state index contributed by atoms with van der Waals surface area (Å²) in [5, 5.41) is 0. The highest BCUT2D eigenvalue weighted by Crippen LogP contribution is 2.40. The van der Waals surface area contributed by atoms with Gasteiger partial charge in [0, 0.05) is 49.8 Å². The second-order valence-corrected chi connectivity index (χ2v) is 9.99. The van der Waals surface area contributed by atoms with Crippen LogP contribution in [0.2, 0.25) is 0 Å². The van der Waals surface area contributed by atoms with Gasteiger partial charge in [-0.2, -0.15) is 12.6 Å². The lowest BCUT2D eigenvalue weighted by atomic mass is 10.1. The number of methoxy groups -OCH3 is 3. The van der Waals surface area contributed by atoms with E-state index in [1.807, 2.05) is 47.4 Å². The Balaban J connectivity index is 1.40. The maximum atomic E-state index is 13.1. The summed E-state index contributed by atoms with van der Waals surface area (Å²) in [6.45, 7) is 3.66. The van der Waals surface area contributed by atoms with Crippen molar-refractivity contribution in [2.24, 2.45) is 0 Å². The number of benzene rings is 2. The number of carbonyl (C=O) groups excluding carboxylic acids is 2. The lowest BCUT2D eigenvalue weighted by molar-refractivity contribution is -0.144. The van der Waals surface area contributed by atoms with Gasteiger partial charge in [-0.15, -0.1) is 0 Å². The van der Waals surface area contributed by atoms with E-state index in [-0.39, 0.29) is 24.9 Å². The first-order valence-corrected chi connectivity index (χ1v) is 14.1. The molecule has 1 N–H and O–H groups in total. The van der Waals surface area contributed by atoms with Crippen LogP contribution in [-0.2, 0) is 27.5 Å². The molecule has 1 fully saturated rings. The second-order valence-electron chi connectivity index (χ2n) is 8.69. The van der Waals surface area contributed by atoms with Crippen LogP contribution in [0.25, 0.3) is 0 Å². The third kappa shape index (κ3) is 8.45. The molecule has 3 rings (SSSR count). The predicted octanol–water partition coefficient (Wildman–Crippen LogP) is 3.03. The second kappa shape index (κ2) is 15.7. The third-order valence-electron chi connectivity index (χ3n) is 6.22. The third-order valence-corrected chi connectivity index (χ3v) is 7.45. The zero-order valence-corrected chi connectivity index (χ0v) is 23.9. The first-order chi connectivity index (χ1) is 18.5. The standard InChI is InChI=1S/C27H37N3O6S2/c1-33-23-10-9-21(25(34-2)26(23)35-3)17-29-12-14-30(15-13-29)27(32)22(19-37)28-38-16-11-24(31)36-18-20-7-5-4-6-8-20/h4-10,22,28,37H,11-19H2,1-3H3/t22-/m0/s1. The SMILES string of the molecule is COc1ccc(CN2CCN(C(=O)[C@H](CS)NSCCC(=O)OCc3ccccc3)CC2)c(OC)c1OC. The van der Waals surface area contributed by atoms with E-state index in [0.29, 0.717) is 48.4 Å². The molecule has 1 aliphatic heterocycles. The molecule has 0 bridgehead atoms. The van der Waals surface area contributed by atoms with E-state index in [1.54, 1.807) is 21.3 Å². The fraction of sp³-hybridized carbons (Fsp3) is 0.481. The lowest BCUT2D eigenvalue weighted by Gasteiger charge is -2.36. The van der Waals surface area contributed by atoms with Crippen molar-refractivity contribution in [1.29, 1.82) is 0 Å². The minimum absolute atomic E-state index is 0.0162. The summed E-state index contributed by atoms with van der Waals surface area (Å²) in [7, 11) is 4.81. The van der Waals surface area contributed by atoms with Crippen molar-refractivity contribution in [3.8, 4) is 17.2 Å². The van der Waals surface area contributed by atoms with Gasteiger partial charge < -0.3 is 23.8 Å². The number of hydrogen-bond donors (Lipinski definition) is 2. The fourth-order valence-corrected chi connectivity index (χ4v) is 5.29. The van der Waals surface area contributed by atoms with Gasteiger partial charge in [-0.25, -0.2) is 0 Å². The van der Waals surface area contributed by atoms with Crippen molar-refractivity contribution in [3.63, 3.8) is 0 Å². The molecule has 1 heterocycles. The number of piperazine rings is 1. The summed E-state index contributed by atoms with van der Waals surface area (Å²) in [6, 6.07) is 13.0. The molecule has 0 aliphatic carbocycles. The van der Waals surface area contributed by atoms with Crippen LogP contribution in [-0.4, -0.2) is 86.7 Å². The smallest absolute Gasteiger partial charge is 0.307 e. The normalized spacial score (nSPS) is 14.6.